The molecule has 0 aliphatic heterocycles. The van der Waals surface area contributed by atoms with Gasteiger partial charge in [0.15, 0.2) is 0 Å². The molecular formula is C13H17Cl2NO2. The normalized spacial score (nSPS) is 12.5. The summed E-state index contributed by atoms with van der Waals surface area (Å²) in [5, 5.41) is 12.9. The number of carbonyl (C=O) groups excluding carboxylic acids is 1. The van der Waals surface area contributed by atoms with Gasteiger partial charge in [0, 0.05) is 16.9 Å². The number of aromatic hydroxyl groups is 1. The first kappa shape index (κ1) is 15.1. The Bertz CT molecular complexity index is 421. The van der Waals surface area contributed by atoms with Crippen LogP contribution in [0.4, 0.5) is 0 Å². The van der Waals surface area contributed by atoms with Gasteiger partial charge in [-0.15, -0.1) is 11.6 Å². The van der Waals surface area contributed by atoms with Crippen LogP contribution < -0.4 is 5.32 Å². The van der Waals surface area contributed by atoms with Crippen molar-refractivity contribution in [2.24, 2.45) is 5.92 Å². The van der Waals surface area contributed by atoms with Gasteiger partial charge in [0.05, 0.1) is 5.56 Å². The van der Waals surface area contributed by atoms with E-state index in [1.54, 1.807) is 6.07 Å². The number of amides is 1. The minimum Gasteiger partial charge on any atom is -0.507 e. The van der Waals surface area contributed by atoms with Gasteiger partial charge in [-0.3, -0.25) is 4.79 Å². The molecule has 1 amide bonds. The predicted octanol–water partition coefficient (Wildman–Crippen LogP) is 3.43. The first-order valence-corrected chi connectivity index (χ1v) is 6.72. The summed E-state index contributed by atoms with van der Waals surface area (Å²) in [5.74, 6) is 0.332. The summed E-state index contributed by atoms with van der Waals surface area (Å²) in [7, 11) is 0. The second kappa shape index (κ2) is 6.86. The molecule has 0 saturated heterocycles. The number of hydrogen-bond acceptors (Lipinski definition) is 2. The summed E-state index contributed by atoms with van der Waals surface area (Å²) >= 11 is 11.4. The first-order chi connectivity index (χ1) is 8.45. The van der Waals surface area contributed by atoms with Gasteiger partial charge < -0.3 is 10.4 Å². The smallest absolute Gasteiger partial charge is 0.255 e. The van der Waals surface area contributed by atoms with Crippen LogP contribution in [0.15, 0.2) is 18.2 Å². The van der Waals surface area contributed by atoms with Gasteiger partial charge in [0.25, 0.3) is 5.91 Å². The number of hydrogen-bond donors (Lipinski definition) is 2. The van der Waals surface area contributed by atoms with Crippen molar-refractivity contribution in [1.82, 2.24) is 5.32 Å². The number of carbonyl (C=O) groups is 1. The Hall–Kier alpha value is -0.930. The van der Waals surface area contributed by atoms with Crippen molar-refractivity contribution in [2.75, 3.05) is 5.88 Å². The van der Waals surface area contributed by atoms with Crippen molar-refractivity contribution in [3.63, 3.8) is 0 Å². The molecule has 0 spiro atoms. The van der Waals surface area contributed by atoms with Crippen LogP contribution >= 0.6 is 23.2 Å². The number of rotatable bonds is 5. The molecule has 0 aromatic heterocycles. The minimum absolute atomic E-state index is 0.00919. The maximum atomic E-state index is 12.0. The number of nitrogens with one attached hydrogen (secondary N) is 1. The van der Waals surface area contributed by atoms with Crippen molar-refractivity contribution >= 4 is 29.1 Å². The van der Waals surface area contributed by atoms with Gasteiger partial charge in [0.2, 0.25) is 0 Å². The Morgan fingerprint density at radius 2 is 2.11 bits per heavy atom. The predicted molar refractivity (Wildman–Crippen MR) is 74.5 cm³/mol. The molecule has 0 heterocycles. The van der Waals surface area contributed by atoms with Gasteiger partial charge >= 0.3 is 0 Å². The molecule has 0 saturated carbocycles. The molecule has 1 atom stereocenters. The SMILES string of the molecule is CC(C)C(CCCl)NC(=O)c1ccc(Cl)cc1O. The number of benzene rings is 1. The number of phenolic OH excluding ortho intramolecular Hbond substituents is 1. The summed E-state index contributed by atoms with van der Waals surface area (Å²) in [5.41, 5.74) is 0.222. The second-order valence-electron chi connectivity index (χ2n) is 4.46. The quantitative estimate of drug-likeness (QED) is 0.816. The molecule has 0 aliphatic carbocycles. The molecule has 1 rings (SSSR count). The zero-order valence-corrected chi connectivity index (χ0v) is 11.9. The van der Waals surface area contributed by atoms with Crippen molar-refractivity contribution in [1.29, 1.82) is 0 Å². The van der Waals surface area contributed by atoms with Crippen LogP contribution in [0.2, 0.25) is 5.02 Å². The molecule has 5 heteroatoms. The molecule has 1 aromatic carbocycles. The lowest BCUT2D eigenvalue weighted by Gasteiger charge is -2.21. The summed E-state index contributed by atoms with van der Waals surface area (Å²) < 4.78 is 0. The van der Waals surface area contributed by atoms with E-state index in [9.17, 15) is 9.90 Å². The van der Waals surface area contributed by atoms with Gasteiger partial charge in [-0.2, -0.15) is 0 Å². The van der Waals surface area contributed by atoms with Gasteiger partial charge in [-0.1, -0.05) is 25.4 Å². The summed E-state index contributed by atoms with van der Waals surface area (Å²) in [6.07, 6.45) is 0.694. The van der Waals surface area contributed by atoms with E-state index in [-0.39, 0.29) is 29.2 Å². The van der Waals surface area contributed by atoms with E-state index in [0.29, 0.717) is 17.3 Å². The van der Waals surface area contributed by atoms with Crippen molar-refractivity contribution < 1.29 is 9.90 Å². The highest BCUT2D eigenvalue weighted by Gasteiger charge is 2.18. The van der Waals surface area contributed by atoms with E-state index in [0.717, 1.165) is 0 Å². The van der Waals surface area contributed by atoms with Crippen molar-refractivity contribution in [2.45, 2.75) is 26.3 Å². The maximum Gasteiger partial charge on any atom is 0.255 e. The average Bonchev–Trinajstić information content (AvgIpc) is 2.27. The Balaban J connectivity index is 2.80. The fourth-order valence-corrected chi connectivity index (χ4v) is 2.03. The third kappa shape index (κ3) is 4.07. The van der Waals surface area contributed by atoms with Crippen molar-refractivity contribution in [3.05, 3.63) is 28.8 Å². The standard InChI is InChI=1S/C13H17Cl2NO2/c1-8(2)11(5-6-14)16-13(18)10-4-3-9(15)7-12(10)17/h3-4,7-8,11,17H,5-6H2,1-2H3,(H,16,18). The van der Waals surface area contributed by atoms with Gasteiger partial charge in [-0.05, 0) is 30.5 Å². The summed E-state index contributed by atoms with van der Waals surface area (Å²) in [6, 6.07) is 4.42. The highest BCUT2D eigenvalue weighted by Crippen LogP contribution is 2.22. The van der Waals surface area contributed by atoms with Crippen LogP contribution in [-0.4, -0.2) is 22.9 Å². The molecule has 0 fully saturated rings. The topological polar surface area (TPSA) is 49.3 Å². The highest BCUT2D eigenvalue weighted by atomic mass is 35.5. The third-order valence-corrected chi connectivity index (χ3v) is 3.20. The molecule has 1 aromatic rings. The van der Waals surface area contributed by atoms with E-state index in [2.05, 4.69) is 5.32 Å². The van der Waals surface area contributed by atoms with Gasteiger partial charge in [0.1, 0.15) is 5.75 Å². The van der Waals surface area contributed by atoms with Crippen molar-refractivity contribution in [3.8, 4) is 5.75 Å². The maximum absolute atomic E-state index is 12.0. The van der Waals surface area contributed by atoms with E-state index in [1.165, 1.54) is 12.1 Å². The zero-order valence-electron chi connectivity index (χ0n) is 10.4. The number of phenols is 1. The van der Waals surface area contributed by atoms with E-state index < -0.39 is 0 Å². The van der Waals surface area contributed by atoms with Crippen LogP contribution in [0.5, 0.6) is 5.75 Å². The van der Waals surface area contributed by atoms with Crippen LogP contribution in [0.25, 0.3) is 0 Å². The Labute approximate surface area is 117 Å². The van der Waals surface area contributed by atoms with E-state index >= 15 is 0 Å². The Morgan fingerprint density at radius 1 is 1.44 bits per heavy atom. The van der Waals surface area contributed by atoms with Crippen LogP contribution in [0, 0.1) is 5.92 Å². The third-order valence-electron chi connectivity index (χ3n) is 2.75. The van der Waals surface area contributed by atoms with Crippen LogP contribution in [0.3, 0.4) is 0 Å². The molecule has 100 valence electrons. The number of alkyl halides is 1. The minimum atomic E-state index is -0.312. The molecule has 3 nitrogen and oxygen atoms in total. The summed E-state index contributed by atoms with van der Waals surface area (Å²) in [4.78, 5) is 12.0. The van der Waals surface area contributed by atoms with Gasteiger partial charge in [-0.25, -0.2) is 0 Å². The highest BCUT2D eigenvalue weighted by molar-refractivity contribution is 6.30. The Morgan fingerprint density at radius 3 is 2.61 bits per heavy atom. The van der Waals surface area contributed by atoms with Crippen LogP contribution in [-0.2, 0) is 0 Å². The molecule has 0 aliphatic rings. The lowest BCUT2D eigenvalue weighted by molar-refractivity contribution is 0.0922. The molecule has 1 unspecified atom stereocenters. The molecular weight excluding hydrogens is 273 g/mol. The molecule has 2 N–H and O–H groups in total. The fraction of sp³-hybridized carbons (Fsp3) is 0.462. The largest absolute Gasteiger partial charge is 0.507 e. The average molecular weight is 290 g/mol. The monoisotopic (exact) mass is 289 g/mol. The molecule has 0 bridgehead atoms. The number of halogens is 2. The van der Waals surface area contributed by atoms with E-state index in [1.807, 2.05) is 13.8 Å². The molecule has 0 radical (unpaired) electrons. The fourth-order valence-electron chi connectivity index (χ4n) is 1.63. The zero-order chi connectivity index (χ0) is 13.7. The lowest BCUT2D eigenvalue weighted by atomic mass is 10.0. The van der Waals surface area contributed by atoms with E-state index in [4.69, 9.17) is 23.2 Å². The first-order valence-electron chi connectivity index (χ1n) is 5.81. The summed E-state index contributed by atoms with van der Waals surface area (Å²) in [6.45, 7) is 4.03. The Kier molecular flexibility index (Phi) is 5.76. The lowest BCUT2D eigenvalue weighted by Crippen LogP contribution is -2.38. The van der Waals surface area contributed by atoms with Crippen LogP contribution in [0.1, 0.15) is 30.6 Å². The second-order valence-corrected chi connectivity index (χ2v) is 5.28. The molecule has 18 heavy (non-hydrogen) atoms.